The number of nitrogens with two attached hydrogens (primary N) is 1. The molecule has 0 aliphatic carbocycles. The van der Waals surface area contributed by atoms with Crippen molar-refractivity contribution in [2.45, 2.75) is 6.54 Å². The zero-order chi connectivity index (χ0) is 20.5. The average molecular weight is 397 g/mol. The summed E-state index contributed by atoms with van der Waals surface area (Å²) in [4.78, 5) is 18.4. The number of hydrogen-bond donors (Lipinski definition) is 2. The van der Waals surface area contributed by atoms with Crippen molar-refractivity contribution in [3.8, 4) is 11.7 Å². The highest BCUT2D eigenvalue weighted by atomic mass is 16.5. The van der Waals surface area contributed by atoms with Gasteiger partial charge in [-0.3, -0.25) is 4.98 Å². The summed E-state index contributed by atoms with van der Waals surface area (Å²) in [7, 11) is 1.61. The maximum absolute atomic E-state index is 6.22. The lowest BCUT2D eigenvalue weighted by molar-refractivity contribution is 0.418. The maximum Gasteiger partial charge on any atom is 0.239 e. The van der Waals surface area contributed by atoms with E-state index in [1.54, 1.807) is 23.9 Å². The summed E-state index contributed by atoms with van der Waals surface area (Å²) >= 11 is 0. The Kier molecular flexibility index (Phi) is 4.36. The van der Waals surface area contributed by atoms with Crippen molar-refractivity contribution >= 4 is 33.8 Å². The number of benzene rings is 2. The van der Waals surface area contributed by atoms with Gasteiger partial charge < -0.3 is 15.8 Å². The van der Waals surface area contributed by atoms with Crippen LogP contribution in [-0.4, -0.2) is 31.6 Å². The number of nitrogen functional groups attached to an aromatic ring is 1. The van der Waals surface area contributed by atoms with E-state index in [2.05, 4.69) is 15.3 Å². The Bertz CT molecular complexity index is 1350. The van der Waals surface area contributed by atoms with Crippen molar-refractivity contribution in [1.82, 2.24) is 24.5 Å². The number of aromatic nitrogens is 5. The molecule has 2 aromatic carbocycles. The maximum atomic E-state index is 6.22. The lowest BCUT2D eigenvalue weighted by atomic mass is 10.2. The van der Waals surface area contributed by atoms with Crippen molar-refractivity contribution in [2.24, 2.45) is 0 Å². The van der Waals surface area contributed by atoms with Gasteiger partial charge in [0, 0.05) is 18.8 Å². The van der Waals surface area contributed by atoms with Crippen LogP contribution >= 0.6 is 0 Å². The fraction of sp³-hybridized carbons (Fsp3) is 0.0909. The summed E-state index contributed by atoms with van der Waals surface area (Å²) < 4.78 is 7.25. The van der Waals surface area contributed by atoms with Crippen LogP contribution < -0.4 is 15.8 Å². The van der Waals surface area contributed by atoms with E-state index in [1.807, 2.05) is 54.6 Å². The highest BCUT2D eigenvalue weighted by Crippen LogP contribution is 2.29. The van der Waals surface area contributed by atoms with Gasteiger partial charge in [0.15, 0.2) is 5.82 Å². The number of methoxy groups -OCH3 is 1. The van der Waals surface area contributed by atoms with Crippen molar-refractivity contribution in [2.75, 3.05) is 18.2 Å². The van der Waals surface area contributed by atoms with Gasteiger partial charge in [-0.05, 0) is 17.7 Å². The normalized spacial score (nSPS) is 11.1. The predicted octanol–water partition coefficient (Wildman–Crippen LogP) is 3.57. The molecule has 0 saturated carbocycles. The quantitative estimate of drug-likeness (QED) is 0.467. The number of nitrogens with zero attached hydrogens (tertiary/aromatic N) is 5. The standard InChI is InChI=1S/C22H19N7O/c1-30-17-11-12-24-19-18(17)27-22(28-20(19)25-13-14-7-3-2-4-8-14)29-16-10-6-5-9-15(16)26-21(29)23/h2-12H,13H2,1H3,(H2,23,26)(H,25,27,28). The summed E-state index contributed by atoms with van der Waals surface area (Å²) in [5.41, 5.74) is 10.2. The minimum absolute atomic E-state index is 0.312. The molecule has 0 bridgehead atoms. The molecule has 0 spiro atoms. The first-order valence-corrected chi connectivity index (χ1v) is 9.46. The Balaban J connectivity index is 1.70. The smallest absolute Gasteiger partial charge is 0.239 e. The van der Waals surface area contributed by atoms with Gasteiger partial charge in [-0.1, -0.05) is 42.5 Å². The first-order valence-electron chi connectivity index (χ1n) is 9.46. The Morgan fingerprint density at radius 1 is 0.933 bits per heavy atom. The fourth-order valence-corrected chi connectivity index (χ4v) is 3.42. The molecule has 148 valence electrons. The van der Waals surface area contributed by atoms with Crippen LogP contribution in [0.5, 0.6) is 5.75 Å². The first kappa shape index (κ1) is 17.9. The molecule has 0 saturated heterocycles. The number of anilines is 2. The monoisotopic (exact) mass is 397 g/mol. The zero-order valence-electron chi connectivity index (χ0n) is 16.3. The van der Waals surface area contributed by atoms with Gasteiger partial charge in [-0.25, -0.2) is 14.5 Å². The average Bonchev–Trinajstić information content (AvgIpc) is 3.13. The minimum Gasteiger partial charge on any atom is -0.494 e. The molecule has 0 radical (unpaired) electrons. The van der Waals surface area contributed by atoms with E-state index in [1.165, 1.54) is 0 Å². The van der Waals surface area contributed by atoms with Crippen LogP contribution in [0.3, 0.4) is 0 Å². The summed E-state index contributed by atoms with van der Waals surface area (Å²) in [6, 6.07) is 19.5. The second kappa shape index (κ2) is 7.32. The molecule has 5 aromatic rings. The van der Waals surface area contributed by atoms with Crippen LogP contribution in [0.25, 0.3) is 28.0 Å². The summed E-state index contributed by atoms with van der Waals surface area (Å²) in [5, 5.41) is 3.38. The lowest BCUT2D eigenvalue weighted by Gasteiger charge is -2.13. The van der Waals surface area contributed by atoms with Gasteiger partial charge in [0.1, 0.15) is 16.8 Å². The van der Waals surface area contributed by atoms with Crippen LogP contribution in [0.15, 0.2) is 66.9 Å². The van der Waals surface area contributed by atoms with Crippen molar-refractivity contribution in [3.05, 3.63) is 72.4 Å². The Labute approximate surface area is 172 Å². The predicted molar refractivity (Wildman–Crippen MR) is 117 cm³/mol. The number of nitrogens with one attached hydrogen (secondary N) is 1. The van der Waals surface area contributed by atoms with E-state index in [0.29, 0.717) is 41.0 Å². The third-order valence-corrected chi connectivity index (χ3v) is 4.84. The Morgan fingerprint density at radius 2 is 1.73 bits per heavy atom. The molecular weight excluding hydrogens is 378 g/mol. The van der Waals surface area contributed by atoms with Gasteiger partial charge in [0.2, 0.25) is 11.9 Å². The molecule has 0 aliphatic rings. The van der Waals surface area contributed by atoms with Gasteiger partial charge in [-0.15, -0.1) is 0 Å². The first-order chi connectivity index (χ1) is 14.7. The lowest BCUT2D eigenvalue weighted by Crippen LogP contribution is -2.10. The second-order valence-corrected chi connectivity index (χ2v) is 6.72. The van der Waals surface area contributed by atoms with E-state index >= 15 is 0 Å². The molecule has 0 aliphatic heterocycles. The van der Waals surface area contributed by atoms with Crippen LogP contribution in [0.4, 0.5) is 11.8 Å². The van der Waals surface area contributed by atoms with Crippen molar-refractivity contribution < 1.29 is 4.74 Å². The molecule has 3 heterocycles. The van der Waals surface area contributed by atoms with E-state index in [9.17, 15) is 0 Å². The molecule has 8 heteroatoms. The molecule has 5 rings (SSSR count). The van der Waals surface area contributed by atoms with Gasteiger partial charge in [0.25, 0.3) is 0 Å². The minimum atomic E-state index is 0.312. The zero-order valence-corrected chi connectivity index (χ0v) is 16.3. The summed E-state index contributed by atoms with van der Waals surface area (Å²) in [6.07, 6.45) is 1.68. The SMILES string of the molecule is COc1ccnc2c(NCc3ccccc3)nc(-n3c(N)nc4ccccc43)nc12. The Hall–Kier alpha value is -4.20. The number of pyridine rings is 1. The molecule has 0 amide bonds. The number of para-hydroxylation sites is 2. The van der Waals surface area contributed by atoms with E-state index in [-0.39, 0.29) is 0 Å². The van der Waals surface area contributed by atoms with Crippen molar-refractivity contribution in [1.29, 1.82) is 0 Å². The molecule has 0 unspecified atom stereocenters. The molecule has 3 N–H and O–H groups in total. The highest BCUT2D eigenvalue weighted by Gasteiger charge is 2.17. The summed E-state index contributed by atoms with van der Waals surface area (Å²) in [5.74, 6) is 1.91. The molecule has 3 aromatic heterocycles. The van der Waals surface area contributed by atoms with Crippen LogP contribution in [0.2, 0.25) is 0 Å². The van der Waals surface area contributed by atoms with Crippen LogP contribution in [0, 0.1) is 0 Å². The molecule has 0 fully saturated rings. The van der Waals surface area contributed by atoms with E-state index < -0.39 is 0 Å². The Morgan fingerprint density at radius 3 is 2.57 bits per heavy atom. The fourth-order valence-electron chi connectivity index (χ4n) is 3.42. The molecular formula is C22H19N7O. The van der Waals surface area contributed by atoms with E-state index in [0.717, 1.165) is 16.6 Å². The van der Waals surface area contributed by atoms with Crippen LogP contribution in [-0.2, 0) is 6.54 Å². The second-order valence-electron chi connectivity index (χ2n) is 6.72. The third kappa shape index (κ3) is 3.04. The number of ether oxygens (including phenoxy) is 1. The molecule has 0 atom stereocenters. The third-order valence-electron chi connectivity index (χ3n) is 4.84. The van der Waals surface area contributed by atoms with Crippen LogP contribution in [0.1, 0.15) is 5.56 Å². The van der Waals surface area contributed by atoms with Gasteiger partial charge in [0.05, 0.1) is 18.1 Å². The molecule has 8 nitrogen and oxygen atoms in total. The van der Waals surface area contributed by atoms with Gasteiger partial charge in [-0.2, -0.15) is 4.98 Å². The van der Waals surface area contributed by atoms with Gasteiger partial charge >= 0.3 is 0 Å². The summed E-state index contributed by atoms with van der Waals surface area (Å²) in [6.45, 7) is 0.589. The topological polar surface area (TPSA) is 104 Å². The highest BCUT2D eigenvalue weighted by molar-refractivity contribution is 5.90. The van der Waals surface area contributed by atoms with E-state index in [4.69, 9.17) is 20.4 Å². The number of imidazole rings is 1. The number of rotatable bonds is 5. The van der Waals surface area contributed by atoms with Crippen molar-refractivity contribution in [3.63, 3.8) is 0 Å². The molecule has 30 heavy (non-hydrogen) atoms. The number of fused-ring (bicyclic) bond motifs is 2. The largest absolute Gasteiger partial charge is 0.494 e. The number of hydrogen-bond acceptors (Lipinski definition) is 7.